The third-order valence-electron chi connectivity index (χ3n) is 4.97. The maximum atomic E-state index is 13.4. The molecule has 0 aliphatic heterocycles. The van der Waals surface area contributed by atoms with Gasteiger partial charge in [-0.1, -0.05) is 0 Å². The van der Waals surface area contributed by atoms with Crippen molar-refractivity contribution < 1.29 is 9.53 Å². The smallest absolute Gasteiger partial charge is 0.263 e. The molecule has 30 heavy (non-hydrogen) atoms. The zero-order valence-electron chi connectivity index (χ0n) is 18.3. The molecule has 1 N–H and O–H groups in total. The standard InChI is InChI=1S/C22H28N4O3S/c1-7-29-17-10-8-16(9-11-17)23-20(27)14(3)26-18(12-25(5)6)24-21-19(22(26)28)13(2)15(4)30-21/h8-11,14H,7,12H2,1-6H3,(H,23,27). The van der Waals surface area contributed by atoms with Crippen molar-refractivity contribution in [2.24, 2.45) is 0 Å². The van der Waals surface area contributed by atoms with Crippen LogP contribution in [-0.4, -0.2) is 41.1 Å². The van der Waals surface area contributed by atoms with Crippen LogP contribution < -0.4 is 15.6 Å². The van der Waals surface area contributed by atoms with Crippen LogP contribution in [0.2, 0.25) is 0 Å². The minimum Gasteiger partial charge on any atom is -0.494 e. The Kier molecular flexibility index (Phi) is 6.58. The highest BCUT2D eigenvalue weighted by Crippen LogP contribution is 2.27. The number of hydrogen-bond acceptors (Lipinski definition) is 6. The van der Waals surface area contributed by atoms with Crippen molar-refractivity contribution in [3.63, 3.8) is 0 Å². The Bertz CT molecular complexity index is 1120. The van der Waals surface area contributed by atoms with Crippen LogP contribution in [0.5, 0.6) is 5.75 Å². The summed E-state index contributed by atoms with van der Waals surface area (Å²) >= 11 is 1.52. The molecule has 1 aromatic carbocycles. The van der Waals surface area contributed by atoms with Gasteiger partial charge in [-0.05, 0) is 71.6 Å². The minimum absolute atomic E-state index is 0.173. The summed E-state index contributed by atoms with van der Waals surface area (Å²) in [5.41, 5.74) is 1.40. The summed E-state index contributed by atoms with van der Waals surface area (Å²) in [6, 6.07) is 6.47. The van der Waals surface area contributed by atoms with Gasteiger partial charge in [0.2, 0.25) is 5.91 Å². The van der Waals surface area contributed by atoms with Crippen molar-refractivity contribution in [1.82, 2.24) is 14.5 Å². The largest absolute Gasteiger partial charge is 0.494 e. The molecule has 3 rings (SSSR count). The predicted molar refractivity (Wildman–Crippen MR) is 122 cm³/mol. The maximum Gasteiger partial charge on any atom is 0.263 e. The Labute approximate surface area is 180 Å². The second-order valence-electron chi connectivity index (χ2n) is 7.53. The van der Waals surface area contributed by atoms with Crippen LogP contribution in [0.15, 0.2) is 29.1 Å². The number of aryl methyl sites for hydroxylation is 2. The second kappa shape index (κ2) is 8.97. The molecule has 8 heteroatoms. The zero-order chi connectivity index (χ0) is 22.0. The summed E-state index contributed by atoms with van der Waals surface area (Å²) in [4.78, 5) is 34.9. The van der Waals surface area contributed by atoms with Gasteiger partial charge in [-0.3, -0.25) is 14.2 Å². The molecule has 0 aliphatic rings. The SMILES string of the molecule is CCOc1ccc(NC(=O)C(C)n2c(CN(C)C)nc3sc(C)c(C)c3c2=O)cc1. The van der Waals surface area contributed by atoms with E-state index in [1.807, 2.05) is 39.8 Å². The average molecular weight is 429 g/mol. The number of thiophene rings is 1. The van der Waals surface area contributed by atoms with Gasteiger partial charge in [0, 0.05) is 10.6 Å². The maximum absolute atomic E-state index is 13.4. The lowest BCUT2D eigenvalue weighted by Gasteiger charge is -2.21. The molecular weight excluding hydrogens is 400 g/mol. The lowest BCUT2D eigenvalue weighted by atomic mass is 10.2. The van der Waals surface area contributed by atoms with Gasteiger partial charge in [-0.2, -0.15) is 0 Å². The molecule has 3 aromatic rings. The number of nitrogens with zero attached hydrogens (tertiary/aromatic N) is 3. The lowest BCUT2D eigenvalue weighted by molar-refractivity contribution is -0.119. The van der Waals surface area contributed by atoms with Crippen LogP contribution in [0, 0.1) is 13.8 Å². The number of rotatable bonds is 7. The van der Waals surface area contributed by atoms with E-state index in [2.05, 4.69) is 5.32 Å². The zero-order valence-corrected chi connectivity index (χ0v) is 19.1. The molecule has 0 saturated carbocycles. The first-order valence-corrected chi connectivity index (χ1v) is 10.7. The number of amides is 1. The monoisotopic (exact) mass is 428 g/mol. The second-order valence-corrected chi connectivity index (χ2v) is 8.73. The van der Waals surface area contributed by atoms with Crippen LogP contribution in [0.1, 0.15) is 36.2 Å². The Balaban J connectivity index is 1.98. The third kappa shape index (κ3) is 4.39. The average Bonchev–Trinajstić information content (AvgIpc) is 2.96. The summed E-state index contributed by atoms with van der Waals surface area (Å²) in [5.74, 6) is 1.05. The van der Waals surface area contributed by atoms with E-state index >= 15 is 0 Å². The first-order chi connectivity index (χ1) is 14.2. The Morgan fingerprint density at radius 2 is 1.93 bits per heavy atom. The van der Waals surface area contributed by atoms with Crippen molar-refractivity contribution in [2.75, 3.05) is 26.0 Å². The molecular formula is C22H28N4O3S. The Hall–Kier alpha value is -2.71. The first-order valence-electron chi connectivity index (χ1n) is 9.92. The Morgan fingerprint density at radius 3 is 2.53 bits per heavy atom. The van der Waals surface area contributed by atoms with Crippen molar-refractivity contribution in [3.8, 4) is 5.75 Å². The van der Waals surface area contributed by atoms with E-state index in [1.165, 1.54) is 15.9 Å². The molecule has 2 heterocycles. The highest BCUT2D eigenvalue weighted by atomic mass is 32.1. The van der Waals surface area contributed by atoms with Gasteiger partial charge in [-0.25, -0.2) is 4.98 Å². The van der Waals surface area contributed by atoms with E-state index in [0.717, 1.165) is 21.0 Å². The van der Waals surface area contributed by atoms with Gasteiger partial charge in [0.15, 0.2) is 0 Å². The molecule has 0 radical (unpaired) electrons. The normalized spacial score (nSPS) is 12.4. The van der Waals surface area contributed by atoms with Gasteiger partial charge < -0.3 is 15.0 Å². The molecule has 7 nitrogen and oxygen atoms in total. The minimum atomic E-state index is -0.712. The number of hydrogen-bond donors (Lipinski definition) is 1. The number of fused-ring (bicyclic) bond motifs is 1. The van der Waals surface area contributed by atoms with Gasteiger partial charge in [0.1, 0.15) is 22.4 Å². The molecule has 1 unspecified atom stereocenters. The fraction of sp³-hybridized carbons (Fsp3) is 0.409. The van der Waals surface area contributed by atoms with Gasteiger partial charge >= 0.3 is 0 Å². The number of carbonyl (C=O) groups is 1. The first kappa shape index (κ1) is 22.0. The van der Waals surface area contributed by atoms with Crippen LogP contribution in [-0.2, 0) is 11.3 Å². The highest BCUT2D eigenvalue weighted by Gasteiger charge is 2.24. The van der Waals surface area contributed by atoms with Gasteiger partial charge in [0.05, 0.1) is 18.5 Å². The van der Waals surface area contributed by atoms with Crippen molar-refractivity contribution >= 4 is 33.1 Å². The molecule has 2 aromatic heterocycles. The molecule has 0 saturated heterocycles. The molecule has 0 aliphatic carbocycles. The van der Waals surface area contributed by atoms with Crippen LogP contribution in [0.4, 0.5) is 5.69 Å². The third-order valence-corrected chi connectivity index (χ3v) is 6.07. The van der Waals surface area contributed by atoms with Crippen LogP contribution in [0.3, 0.4) is 0 Å². The predicted octanol–water partition coefficient (Wildman–Crippen LogP) is 3.73. The van der Waals surface area contributed by atoms with Crippen molar-refractivity contribution in [1.29, 1.82) is 0 Å². The summed E-state index contributed by atoms with van der Waals surface area (Å²) in [7, 11) is 3.83. The molecule has 0 spiro atoms. The molecule has 0 fully saturated rings. The quantitative estimate of drug-likeness (QED) is 0.620. The topological polar surface area (TPSA) is 76.5 Å². The number of carbonyl (C=O) groups excluding carboxylic acids is 1. The number of anilines is 1. The van der Waals surface area contributed by atoms with Gasteiger partial charge in [0.25, 0.3) is 5.56 Å². The number of aromatic nitrogens is 2. The Morgan fingerprint density at radius 1 is 1.27 bits per heavy atom. The fourth-order valence-corrected chi connectivity index (χ4v) is 4.35. The molecule has 1 atom stereocenters. The summed E-state index contributed by atoms with van der Waals surface area (Å²) in [6.45, 7) is 8.60. The summed E-state index contributed by atoms with van der Waals surface area (Å²) < 4.78 is 6.95. The fourth-order valence-electron chi connectivity index (χ4n) is 3.31. The van der Waals surface area contributed by atoms with Crippen LogP contribution >= 0.6 is 11.3 Å². The highest BCUT2D eigenvalue weighted by molar-refractivity contribution is 7.18. The van der Waals surface area contributed by atoms with E-state index in [1.54, 1.807) is 31.2 Å². The number of ether oxygens (including phenoxy) is 1. The summed E-state index contributed by atoms with van der Waals surface area (Å²) in [6.07, 6.45) is 0. The number of nitrogens with one attached hydrogen (secondary N) is 1. The molecule has 0 bridgehead atoms. The van der Waals surface area contributed by atoms with Gasteiger partial charge in [-0.15, -0.1) is 11.3 Å². The molecule has 1 amide bonds. The summed E-state index contributed by atoms with van der Waals surface area (Å²) in [5, 5.41) is 3.49. The molecule has 160 valence electrons. The van der Waals surface area contributed by atoms with Crippen LogP contribution in [0.25, 0.3) is 10.2 Å². The van der Waals surface area contributed by atoms with E-state index in [4.69, 9.17) is 9.72 Å². The van der Waals surface area contributed by atoms with E-state index < -0.39 is 6.04 Å². The van der Waals surface area contributed by atoms with Crippen molar-refractivity contribution in [3.05, 3.63) is 50.9 Å². The number of benzene rings is 1. The van der Waals surface area contributed by atoms with E-state index in [-0.39, 0.29) is 11.5 Å². The van der Waals surface area contributed by atoms with Crippen molar-refractivity contribution in [2.45, 2.75) is 40.3 Å². The lowest BCUT2D eigenvalue weighted by Crippen LogP contribution is -2.36. The van der Waals surface area contributed by atoms with E-state index in [9.17, 15) is 9.59 Å². The van der Waals surface area contributed by atoms with E-state index in [0.29, 0.717) is 30.0 Å².